The molecule has 14 heteroatoms. The minimum Gasteiger partial charge on any atom is -0.211 e. The molecule has 0 aliphatic carbocycles. The third kappa shape index (κ3) is 3.47. The lowest BCUT2D eigenvalue weighted by molar-refractivity contribution is -0.382. The number of hydrogen-bond acceptors (Lipinski definition) is 3. The molecule has 0 aromatic heterocycles. The Labute approximate surface area is 155 Å². The second kappa shape index (κ2) is 6.97. The molecule has 162 valence electrons. The summed E-state index contributed by atoms with van der Waals surface area (Å²) < 4.78 is 146. The van der Waals surface area contributed by atoms with Gasteiger partial charge >= 0.3 is 33.4 Å². The predicted octanol–water partition coefficient (Wildman–Crippen LogP) is 5.33. The van der Waals surface area contributed by atoms with E-state index >= 15 is 0 Å². The number of hydrogen-bond donors (Lipinski definition) is 0. The molecule has 0 amide bonds. The fourth-order valence-corrected chi connectivity index (χ4v) is 8.20. The molecule has 1 aromatic rings. The maximum atomic E-state index is 13.9. The first-order valence-corrected chi connectivity index (χ1v) is 10.8. The summed E-state index contributed by atoms with van der Waals surface area (Å²) in [5.41, 5.74) is 0. The first-order chi connectivity index (χ1) is 12.5. The van der Waals surface area contributed by atoms with Crippen LogP contribution in [0.5, 0.6) is 0 Å². The first kappa shape index (κ1) is 23.1. The van der Waals surface area contributed by atoms with Crippen molar-refractivity contribution in [2.45, 2.75) is 41.0 Å². The van der Waals surface area contributed by atoms with Crippen molar-refractivity contribution in [3.05, 3.63) is 30.3 Å². The number of alkyl halides is 9. The molecule has 1 fully saturated rings. The second-order valence-electron chi connectivity index (χ2n) is 5.93. The molecule has 1 aliphatic heterocycles. The van der Waals surface area contributed by atoms with E-state index in [1.54, 1.807) is 0 Å². The van der Waals surface area contributed by atoms with Gasteiger partial charge in [0.1, 0.15) is 0 Å². The van der Waals surface area contributed by atoms with E-state index in [0.29, 0.717) is 0 Å². The van der Waals surface area contributed by atoms with Gasteiger partial charge in [0.2, 0.25) is 0 Å². The fraction of sp³-hybridized carbons (Fsp3) is 0.571. The lowest BCUT2D eigenvalue weighted by atomic mass is 10.1. The molecular formula is C14H13F9O3S2. The molecule has 0 N–H and O–H groups in total. The fourth-order valence-electron chi connectivity index (χ4n) is 2.52. The molecule has 28 heavy (non-hydrogen) atoms. The Morgan fingerprint density at radius 3 is 1.68 bits per heavy atom. The SMILES string of the molecule is O=S(=O)(OS1(c2ccccc2)CCCC1)C(F)(F)C(F)(F)C(F)(F)C(F)(F)F. The highest BCUT2D eigenvalue weighted by Crippen LogP contribution is 2.65. The van der Waals surface area contributed by atoms with Gasteiger partial charge in [-0.3, -0.25) is 0 Å². The summed E-state index contributed by atoms with van der Waals surface area (Å²) >= 11 is 0. The van der Waals surface area contributed by atoms with Crippen molar-refractivity contribution in [2.75, 3.05) is 11.5 Å². The molecular weight excluding hydrogens is 451 g/mol. The van der Waals surface area contributed by atoms with Gasteiger partial charge in [-0.15, -0.1) is 0 Å². The molecule has 1 heterocycles. The van der Waals surface area contributed by atoms with E-state index in [9.17, 15) is 47.9 Å². The van der Waals surface area contributed by atoms with E-state index in [0.717, 1.165) is 0 Å². The molecule has 0 radical (unpaired) electrons. The van der Waals surface area contributed by atoms with E-state index in [2.05, 4.69) is 3.63 Å². The maximum Gasteiger partial charge on any atom is 0.460 e. The Kier molecular flexibility index (Phi) is 5.76. The molecule has 3 nitrogen and oxygen atoms in total. The Hall–Kier alpha value is -1.15. The van der Waals surface area contributed by atoms with Crippen LogP contribution in [0, 0.1) is 0 Å². The molecule has 1 aromatic carbocycles. The van der Waals surface area contributed by atoms with E-state index in [-0.39, 0.29) is 29.2 Å². The zero-order valence-corrected chi connectivity index (χ0v) is 15.3. The van der Waals surface area contributed by atoms with Crippen molar-refractivity contribution >= 4 is 20.4 Å². The van der Waals surface area contributed by atoms with E-state index in [1.807, 2.05) is 0 Å². The topological polar surface area (TPSA) is 43.4 Å². The number of benzene rings is 1. The van der Waals surface area contributed by atoms with Crippen LogP contribution in [0.15, 0.2) is 35.2 Å². The molecule has 1 aliphatic rings. The van der Waals surface area contributed by atoms with E-state index in [4.69, 9.17) is 0 Å². The Morgan fingerprint density at radius 2 is 1.25 bits per heavy atom. The normalized spacial score (nSPS) is 20.2. The average molecular weight is 464 g/mol. The van der Waals surface area contributed by atoms with Crippen LogP contribution in [-0.4, -0.2) is 43.2 Å². The van der Waals surface area contributed by atoms with Crippen molar-refractivity contribution < 1.29 is 51.6 Å². The van der Waals surface area contributed by atoms with Crippen LogP contribution >= 0.6 is 10.3 Å². The maximum absolute atomic E-state index is 13.9. The van der Waals surface area contributed by atoms with Gasteiger partial charge in [-0.1, -0.05) is 28.5 Å². The van der Waals surface area contributed by atoms with Gasteiger partial charge < -0.3 is 0 Å². The third-order valence-electron chi connectivity index (χ3n) is 4.02. The number of halogens is 9. The minimum atomic E-state index is -7.31. The Morgan fingerprint density at radius 1 is 0.786 bits per heavy atom. The highest BCUT2D eigenvalue weighted by molar-refractivity contribution is 8.33. The molecule has 0 bridgehead atoms. The van der Waals surface area contributed by atoms with Crippen LogP contribution < -0.4 is 0 Å². The van der Waals surface area contributed by atoms with Crippen molar-refractivity contribution in [1.82, 2.24) is 0 Å². The smallest absolute Gasteiger partial charge is 0.211 e. The van der Waals surface area contributed by atoms with Crippen molar-refractivity contribution in [2.24, 2.45) is 0 Å². The summed E-state index contributed by atoms with van der Waals surface area (Å²) in [5, 5.41) is -6.84. The first-order valence-electron chi connectivity index (χ1n) is 7.51. The molecule has 0 saturated carbocycles. The lowest BCUT2D eigenvalue weighted by Crippen LogP contribution is -2.63. The Balaban J connectivity index is 2.50. The van der Waals surface area contributed by atoms with Gasteiger partial charge in [0.05, 0.1) is 0 Å². The Bertz CT molecular complexity index is 801. The summed E-state index contributed by atoms with van der Waals surface area (Å²) in [7, 11) is -10.0. The van der Waals surface area contributed by atoms with E-state index in [1.165, 1.54) is 30.3 Å². The molecule has 0 spiro atoms. The van der Waals surface area contributed by atoms with Crippen LogP contribution in [0.4, 0.5) is 39.5 Å². The van der Waals surface area contributed by atoms with Crippen molar-refractivity contribution in [3.63, 3.8) is 0 Å². The van der Waals surface area contributed by atoms with Gasteiger partial charge in [0.15, 0.2) is 0 Å². The zero-order chi connectivity index (χ0) is 21.6. The average Bonchev–Trinajstić information content (AvgIpc) is 3.03. The molecule has 2 rings (SSSR count). The van der Waals surface area contributed by atoms with E-state index < -0.39 is 43.7 Å². The van der Waals surface area contributed by atoms with Crippen LogP contribution in [0.2, 0.25) is 0 Å². The lowest BCUT2D eigenvalue weighted by Gasteiger charge is -2.38. The molecule has 1 saturated heterocycles. The summed E-state index contributed by atoms with van der Waals surface area (Å²) in [5.74, 6) is -14.9. The summed E-state index contributed by atoms with van der Waals surface area (Å²) in [6.07, 6.45) is -6.59. The largest absolute Gasteiger partial charge is 0.460 e. The van der Waals surface area contributed by atoms with Crippen LogP contribution in [0.3, 0.4) is 0 Å². The summed E-state index contributed by atoms with van der Waals surface area (Å²) in [6, 6.07) is 6.78. The second-order valence-corrected chi connectivity index (χ2v) is 10.8. The molecule has 0 unspecified atom stereocenters. The van der Waals surface area contributed by atoms with Gasteiger partial charge in [0, 0.05) is 16.4 Å². The van der Waals surface area contributed by atoms with Crippen molar-refractivity contribution in [1.29, 1.82) is 0 Å². The van der Waals surface area contributed by atoms with Crippen LogP contribution in [0.25, 0.3) is 0 Å². The molecule has 0 atom stereocenters. The van der Waals surface area contributed by atoms with Gasteiger partial charge in [-0.05, 0) is 25.0 Å². The highest BCUT2D eigenvalue weighted by atomic mass is 32.3. The van der Waals surface area contributed by atoms with Crippen LogP contribution in [-0.2, 0) is 13.7 Å². The van der Waals surface area contributed by atoms with Gasteiger partial charge in [0.25, 0.3) is 0 Å². The number of rotatable bonds is 6. The van der Waals surface area contributed by atoms with Crippen LogP contribution in [0.1, 0.15) is 12.8 Å². The van der Waals surface area contributed by atoms with Crippen molar-refractivity contribution in [3.8, 4) is 0 Å². The standard InChI is InChI=1S/C14H13F9O3S2/c15-11(16,13(19,20)21)12(17,18)14(22,23)28(24,25)26-27(8-4-5-9-27)10-6-2-1-3-7-10/h1-3,6-7H,4-5,8-9H2. The monoisotopic (exact) mass is 464 g/mol. The van der Waals surface area contributed by atoms with Gasteiger partial charge in [-0.2, -0.15) is 47.9 Å². The third-order valence-corrected chi connectivity index (χ3v) is 9.69. The highest BCUT2D eigenvalue weighted by Gasteiger charge is 2.86. The minimum absolute atomic E-state index is 0.0674. The predicted molar refractivity (Wildman–Crippen MR) is 82.2 cm³/mol. The van der Waals surface area contributed by atoms with Gasteiger partial charge in [-0.25, -0.2) is 3.63 Å². The summed E-state index contributed by atoms with van der Waals surface area (Å²) in [4.78, 5) is 0.0674. The zero-order valence-electron chi connectivity index (χ0n) is 13.7. The quantitative estimate of drug-likeness (QED) is 0.535. The summed E-state index contributed by atoms with van der Waals surface area (Å²) in [6.45, 7) is 0.